The predicted molar refractivity (Wildman–Crippen MR) is 103 cm³/mol. The highest BCUT2D eigenvalue weighted by Gasteiger charge is 2.34. The smallest absolute Gasteiger partial charge is 0.234 e. The van der Waals surface area contributed by atoms with E-state index >= 15 is 0 Å². The van der Waals surface area contributed by atoms with Gasteiger partial charge >= 0.3 is 0 Å². The zero-order valence-corrected chi connectivity index (χ0v) is 14.9. The summed E-state index contributed by atoms with van der Waals surface area (Å²) in [5.74, 6) is 0.107. The summed E-state index contributed by atoms with van der Waals surface area (Å²) in [7, 11) is 0. The molecule has 1 atom stereocenters. The van der Waals surface area contributed by atoms with Crippen LogP contribution in [-0.2, 0) is 11.3 Å². The Kier molecular flexibility index (Phi) is 4.33. The maximum atomic E-state index is 12.8. The van der Waals surface area contributed by atoms with E-state index in [1.807, 2.05) is 48.2 Å². The number of benzene rings is 3. The number of nitrogens with zero attached hydrogens (tertiary/aromatic N) is 1. The first-order valence-corrected chi connectivity index (χ1v) is 9.26. The number of amides is 1. The number of carbonyl (C=O) groups is 1. The van der Waals surface area contributed by atoms with Crippen LogP contribution >= 0.6 is 11.8 Å². The quantitative estimate of drug-likeness (QED) is 0.623. The van der Waals surface area contributed by atoms with E-state index in [9.17, 15) is 4.79 Å². The van der Waals surface area contributed by atoms with Crippen LogP contribution in [0.4, 0.5) is 5.69 Å². The van der Waals surface area contributed by atoms with Gasteiger partial charge in [-0.3, -0.25) is 4.79 Å². The van der Waals surface area contributed by atoms with Gasteiger partial charge in [0.15, 0.2) is 0 Å². The molecule has 1 aliphatic heterocycles. The molecular formula is C22H19NOS. The van der Waals surface area contributed by atoms with Gasteiger partial charge < -0.3 is 4.90 Å². The molecule has 124 valence electrons. The van der Waals surface area contributed by atoms with Crippen molar-refractivity contribution in [2.45, 2.75) is 29.2 Å². The third-order valence-corrected chi connectivity index (χ3v) is 5.56. The van der Waals surface area contributed by atoms with Crippen molar-refractivity contribution in [3.8, 4) is 0 Å². The van der Waals surface area contributed by atoms with Gasteiger partial charge in [0.1, 0.15) is 0 Å². The highest BCUT2D eigenvalue weighted by molar-refractivity contribution is 7.99. The number of hydrogen-bond acceptors (Lipinski definition) is 2. The third-order valence-electron chi connectivity index (χ3n) is 4.56. The molecule has 0 saturated heterocycles. The minimum absolute atomic E-state index is 0.0745. The van der Waals surface area contributed by atoms with Crippen LogP contribution in [0.5, 0.6) is 0 Å². The molecule has 0 aliphatic carbocycles. The Balaban J connectivity index is 1.66. The number of anilines is 1. The van der Waals surface area contributed by atoms with Crippen molar-refractivity contribution in [3.05, 3.63) is 90.0 Å². The van der Waals surface area contributed by atoms with Gasteiger partial charge in [-0.1, -0.05) is 66.4 Å². The van der Waals surface area contributed by atoms with E-state index in [1.54, 1.807) is 11.8 Å². The number of hydrogen-bond donors (Lipinski definition) is 0. The van der Waals surface area contributed by atoms with Gasteiger partial charge in [0.05, 0.1) is 12.5 Å². The molecular weight excluding hydrogens is 326 g/mol. The van der Waals surface area contributed by atoms with E-state index in [0.717, 1.165) is 21.7 Å². The first-order chi connectivity index (χ1) is 12.2. The van der Waals surface area contributed by atoms with Gasteiger partial charge in [0.2, 0.25) is 5.91 Å². The summed E-state index contributed by atoms with van der Waals surface area (Å²) < 4.78 is 0. The molecule has 1 aliphatic rings. The first-order valence-electron chi connectivity index (χ1n) is 8.44. The van der Waals surface area contributed by atoms with E-state index in [-0.39, 0.29) is 11.8 Å². The summed E-state index contributed by atoms with van der Waals surface area (Å²) in [6.07, 6.45) is 0. The molecule has 3 aromatic rings. The van der Waals surface area contributed by atoms with Crippen molar-refractivity contribution in [2.24, 2.45) is 0 Å². The Morgan fingerprint density at radius 3 is 2.28 bits per heavy atom. The van der Waals surface area contributed by atoms with E-state index in [2.05, 4.69) is 42.5 Å². The predicted octanol–water partition coefficient (Wildman–Crippen LogP) is 5.49. The van der Waals surface area contributed by atoms with Crippen molar-refractivity contribution in [2.75, 3.05) is 4.90 Å². The lowest BCUT2D eigenvalue weighted by Gasteiger charge is -2.18. The average molecular weight is 345 g/mol. The maximum absolute atomic E-state index is 12.8. The molecule has 4 rings (SSSR count). The fourth-order valence-corrected chi connectivity index (χ4v) is 4.10. The summed E-state index contributed by atoms with van der Waals surface area (Å²) >= 11 is 1.73. The molecule has 0 aromatic heterocycles. The second-order valence-electron chi connectivity index (χ2n) is 6.27. The summed E-state index contributed by atoms with van der Waals surface area (Å²) in [6, 6.07) is 26.9. The van der Waals surface area contributed by atoms with Crippen LogP contribution in [-0.4, -0.2) is 5.91 Å². The number of carbonyl (C=O) groups excluding carboxylic acids is 1. The lowest BCUT2D eigenvalue weighted by Crippen LogP contribution is -2.27. The third kappa shape index (κ3) is 3.20. The minimum atomic E-state index is -0.0745. The van der Waals surface area contributed by atoms with Crippen LogP contribution in [0.25, 0.3) is 0 Å². The molecule has 1 unspecified atom stereocenters. The lowest BCUT2D eigenvalue weighted by molar-refractivity contribution is -0.119. The zero-order chi connectivity index (χ0) is 17.2. The van der Waals surface area contributed by atoms with Crippen molar-refractivity contribution in [1.82, 2.24) is 0 Å². The fourth-order valence-electron chi connectivity index (χ4n) is 3.23. The van der Waals surface area contributed by atoms with Crippen molar-refractivity contribution in [1.29, 1.82) is 0 Å². The summed E-state index contributed by atoms with van der Waals surface area (Å²) in [4.78, 5) is 17.0. The number of rotatable bonds is 4. The van der Waals surface area contributed by atoms with Gasteiger partial charge in [0, 0.05) is 15.5 Å². The molecule has 2 nitrogen and oxygen atoms in total. The molecule has 0 bridgehead atoms. The standard InChI is InChI=1S/C22H19NOS/c1-16-20-13-12-19(25-18-10-6-3-7-11-18)14-21(20)23(22(16)24)15-17-8-4-2-5-9-17/h2-14,16H,15H2,1H3. The van der Waals surface area contributed by atoms with Gasteiger partial charge in [-0.25, -0.2) is 0 Å². The van der Waals surface area contributed by atoms with Crippen LogP contribution in [0.2, 0.25) is 0 Å². The molecule has 0 N–H and O–H groups in total. The SMILES string of the molecule is CC1C(=O)N(Cc2ccccc2)c2cc(Sc3ccccc3)ccc21. The van der Waals surface area contributed by atoms with Crippen LogP contribution < -0.4 is 4.90 Å². The van der Waals surface area contributed by atoms with Gasteiger partial charge in [-0.05, 0) is 42.3 Å². The van der Waals surface area contributed by atoms with Crippen LogP contribution in [0, 0.1) is 0 Å². The Morgan fingerprint density at radius 2 is 1.56 bits per heavy atom. The Hall–Kier alpha value is -2.52. The van der Waals surface area contributed by atoms with E-state index in [1.165, 1.54) is 4.90 Å². The second-order valence-corrected chi connectivity index (χ2v) is 7.41. The van der Waals surface area contributed by atoms with E-state index in [0.29, 0.717) is 6.54 Å². The topological polar surface area (TPSA) is 20.3 Å². The van der Waals surface area contributed by atoms with Crippen LogP contribution in [0.15, 0.2) is 88.7 Å². The van der Waals surface area contributed by atoms with Crippen LogP contribution in [0.1, 0.15) is 24.0 Å². The maximum Gasteiger partial charge on any atom is 0.234 e. The molecule has 0 radical (unpaired) electrons. The summed E-state index contributed by atoms with van der Waals surface area (Å²) in [5.41, 5.74) is 3.32. The molecule has 25 heavy (non-hydrogen) atoms. The molecule has 3 aromatic carbocycles. The molecule has 0 fully saturated rings. The molecule has 0 spiro atoms. The molecule has 1 amide bonds. The van der Waals surface area contributed by atoms with E-state index < -0.39 is 0 Å². The number of fused-ring (bicyclic) bond motifs is 1. The monoisotopic (exact) mass is 345 g/mol. The molecule has 1 heterocycles. The second kappa shape index (κ2) is 6.77. The van der Waals surface area contributed by atoms with Crippen molar-refractivity contribution < 1.29 is 4.79 Å². The van der Waals surface area contributed by atoms with Crippen molar-refractivity contribution in [3.63, 3.8) is 0 Å². The highest BCUT2D eigenvalue weighted by atomic mass is 32.2. The molecule has 3 heteroatoms. The average Bonchev–Trinajstić information content (AvgIpc) is 2.88. The summed E-state index contributed by atoms with van der Waals surface area (Å²) in [5, 5.41) is 0. The minimum Gasteiger partial charge on any atom is -0.307 e. The Morgan fingerprint density at radius 1 is 0.880 bits per heavy atom. The largest absolute Gasteiger partial charge is 0.307 e. The van der Waals surface area contributed by atoms with Crippen LogP contribution in [0.3, 0.4) is 0 Å². The molecule has 0 saturated carbocycles. The van der Waals surface area contributed by atoms with Gasteiger partial charge in [-0.15, -0.1) is 0 Å². The van der Waals surface area contributed by atoms with Crippen molar-refractivity contribution >= 4 is 23.4 Å². The Labute approximate surface area is 152 Å². The first kappa shape index (κ1) is 16.0. The van der Waals surface area contributed by atoms with Gasteiger partial charge in [-0.2, -0.15) is 0 Å². The zero-order valence-electron chi connectivity index (χ0n) is 14.1. The normalized spacial score (nSPS) is 16.1. The lowest BCUT2D eigenvalue weighted by atomic mass is 10.0. The summed E-state index contributed by atoms with van der Waals surface area (Å²) in [6.45, 7) is 2.62. The fraction of sp³-hybridized carbons (Fsp3) is 0.136. The highest BCUT2D eigenvalue weighted by Crippen LogP contribution is 2.41. The Bertz CT molecular complexity index is 892. The van der Waals surface area contributed by atoms with Gasteiger partial charge in [0.25, 0.3) is 0 Å². The van der Waals surface area contributed by atoms with E-state index in [4.69, 9.17) is 0 Å².